The Morgan fingerprint density at radius 3 is 3.06 bits per heavy atom. The van der Waals surface area contributed by atoms with Crippen molar-refractivity contribution in [2.75, 3.05) is 26.3 Å². The fourth-order valence-corrected chi connectivity index (χ4v) is 1.78. The highest BCUT2D eigenvalue weighted by Crippen LogP contribution is 2.40. The Morgan fingerprint density at radius 1 is 1.41 bits per heavy atom. The molecule has 0 aromatic heterocycles. The van der Waals surface area contributed by atoms with E-state index in [0.29, 0.717) is 13.2 Å². The van der Waals surface area contributed by atoms with Gasteiger partial charge in [-0.2, -0.15) is 0 Å². The molecule has 1 aliphatic rings. The molecule has 1 heterocycles. The van der Waals surface area contributed by atoms with Crippen molar-refractivity contribution < 1.29 is 14.2 Å². The van der Waals surface area contributed by atoms with Crippen LogP contribution in [-0.4, -0.2) is 32.4 Å². The van der Waals surface area contributed by atoms with E-state index in [1.807, 2.05) is 25.1 Å². The topological polar surface area (TPSA) is 39.7 Å². The number of rotatable bonds is 5. The van der Waals surface area contributed by atoms with Crippen LogP contribution in [0.5, 0.6) is 17.2 Å². The highest BCUT2D eigenvalue weighted by Gasteiger charge is 2.23. The van der Waals surface area contributed by atoms with Gasteiger partial charge in [-0.05, 0) is 25.6 Å². The molecule has 2 rings (SSSR count). The summed E-state index contributed by atoms with van der Waals surface area (Å²) in [5.74, 6) is 2.25. The molecule has 0 radical (unpaired) electrons. The van der Waals surface area contributed by atoms with Crippen LogP contribution in [0.4, 0.5) is 0 Å². The lowest BCUT2D eigenvalue weighted by Crippen LogP contribution is -2.38. The van der Waals surface area contributed by atoms with E-state index >= 15 is 0 Å². The Balaban J connectivity index is 2.11. The van der Waals surface area contributed by atoms with Crippen LogP contribution in [0.1, 0.15) is 13.8 Å². The van der Waals surface area contributed by atoms with Crippen molar-refractivity contribution in [3.63, 3.8) is 0 Å². The van der Waals surface area contributed by atoms with Crippen LogP contribution in [0, 0.1) is 0 Å². The van der Waals surface area contributed by atoms with E-state index in [0.717, 1.165) is 30.3 Å². The highest BCUT2D eigenvalue weighted by atomic mass is 16.6. The van der Waals surface area contributed by atoms with Crippen LogP contribution < -0.4 is 19.5 Å². The molecule has 0 saturated heterocycles. The largest absolute Gasteiger partial charge is 0.490 e. The summed E-state index contributed by atoms with van der Waals surface area (Å²) in [4.78, 5) is 0. The van der Waals surface area contributed by atoms with E-state index in [-0.39, 0.29) is 6.10 Å². The van der Waals surface area contributed by atoms with Crippen molar-refractivity contribution >= 4 is 0 Å². The Kier molecular flexibility index (Phi) is 4.09. The SMILES string of the molecule is CCNC[C@H]1COc2cccc(OCC)c2O1. The van der Waals surface area contributed by atoms with Gasteiger partial charge in [0, 0.05) is 6.54 Å². The fourth-order valence-electron chi connectivity index (χ4n) is 1.78. The molecule has 1 aromatic rings. The minimum Gasteiger partial charge on any atom is -0.490 e. The average molecular weight is 237 g/mol. The summed E-state index contributed by atoms with van der Waals surface area (Å²) >= 11 is 0. The van der Waals surface area contributed by atoms with Gasteiger partial charge in [0.05, 0.1) is 6.61 Å². The molecule has 1 aromatic carbocycles. The van der Waals surface area contributed by atoms with E-state index in [2.05, 4.69) is 12.2 Å². The van der Waals surface area contributed by atoms with Crippen molar-refractivity contribution in [1.29, 1.82) is 0 Å². The van der Waals surface area contributed by atoms with Gasteiger partial charge in [-0.25, -0.2) is 0 Å². The number of para-hydroxylation sites is 1. The zero-order valence-corrected chi connectivity index (χ0v) is 10.4. The highest BCUT2D eigenvalue weighted by molar-refractivity contribution is 5.52. The van der Waals surface area contributed by atoms with Crippen molar-refractivity contribution in [3.05, 3.63) is 18.2 Å². The maximum absolute atomic E-state index is 5.91. The van der Waals surface area contributed by atoms with E-state index in [9.17, 15) is 0 Å². The zero-order chi connectivity index (χ0) is 12.1. The van der Waals surface area contributed by atoms with Gasteiger partial charge in [-0.1, -0.05) is 13.0 Å². The third kappa shape index (κ3) is 2.82. The second kappa shape index (κ2) is 5.77. The van der Waals surface area contributed by atoms with Crippen molar-refractivity contribution in [2.24, 2.45) is 0 Å². The van der Waals surface area contributed by atoms with Gasteiger partial charge in [0.25, 0.3) is 0 Å². The lowest BCUT2D eigenvalue weighted by Gasteiger charge is -2.27. The predicted molar refractivity (Wildman–Crippen MR) is 66.1 cm³/mol. The lowest BCUT2D eigenvalue weighted by atomic mass is 10.2. The molecule has 0 unspecified atom stereocenters. The average Bonchev–Trinajstić information content (AvgIpc) is 2.37. The Hall–Kier alpha value is -1.42. The number of hydrogen-bond donors (Lipinski definition) is 1. The molecular weight excluding hydrogens is 218 g/mol. The Morgan fingerprint density at radius 2 is 2.29 bits per heavy atom. The number of likely N-dealkylation sites (N-methyl/N-ethyl adjacent to an activating group) is 1. The van der Waals surface area contributed by atoms with Gasteiger partial charge in [0.15, 0.2) is 11.5 Å². The Bertz CT molecular complexity index is 368. The number of benzene rings is 1. The fraction of sp³-hybridized carbons (Fsp3) is 0.538. The summed E-state index contributed by atoms with van der Waals surface area (Å²) in [6.45, 7) is 6.95. The second-order valence-electron chi connectivity index (χ2n) is 3.87. The lowest BCUT2D eigenvalue weighted by molar-refractivity contribution is 0.0859. The van der Waals surface area contributed by atoms with E-state index in [4.69, 9.17) is 14.2 Å². The van der Waals surface area contributed by atoms with Gasteiger partial charge >= 0.3 is 0 Å². The number of ether oxygens (including phenoxy) is 3. The molecule has 94 valence electrons. The molecule has 0 saturated carbocycles. The van der Waals surface area contributed by atoms with Gasteiger partial charge in [-0.3, -0.25) is 0 Å². The predicted octanol–water partition coefficient (Wildman–Crippen LogP) is 1.83. The standard InChI is InChI=1S/C13H19NO3/c1-3-14-8-10-9-16-12-7-5-6-11(15-4-2)13(12)17-10/h5-7,10,14H,3-4,8-9H2,1-2H3/t10-/m0/s1. The molecule has 0 aliphatic carbocycles. The van der Waals surface area contributed by atoms with Crippen molar-refractivity contribution in [2.45, 2.75) is 20.0 Å². The van der Waals surface area contributed by atoms with Gasteiger partial charge in [0.2, 0.25) is 5.75 Å². The molecule has 0 amide bonds. The van der Waals surface area contributed by atoms with E-state index in [1.165, 1.54) is 0 Å². The molecule has 4 nitrogen and oxygen atoms in total. The van der Waals surface area contributed by atoms with Crippen LogP contribution >= 0.6 is 0 Å². The minimum atomic E-state index is 0.0454. The molecule has 0 bridgehead atoms. The summed E-state index contributed by atoms with van der Waals surface area (Å²) < 4.78 is 17.1. The molecule has 1 aliphatic heterocycles. The van der Waals surface area contributed by atoms with Gasteiger partial charge in [-0.15, -0.1) is 0 Å². The first kappa shape index (κ1) is 12.0. The number of hydrogen-bond acceptors (Lipinski definition) is 4. The zero-order valence-electron chi connectivity index (χ0n) is 10.4. The molecular formula is C13H19NO3. The van der Waals surface area contributed by atoms with Gasteiger partial charge in [0.1, 0.15) is 12.7 Å². The molecule has 4 heteroatoms. The van der Waals surface area contributed by atoms with Crippen LogP contribution in [0.25, 0.3) is 0 Å². The normalized spacial score (nSPS) is 17.9. The first-order chi connectivity index (χ1) is 8.35. The van der Waals surface area contributed by atoms with Crippen molar-refractivity contribution in [3.8, 4) is 17.2 Å². The number of fused-ring (bicyclic) bond motifs is 1. The Labute approximate surface area is 102 Å². The van der Waals surface area contributed by atoms with Crippen LogP contribution in [-0.2, 0) is 0 Å². The molecule has 1 N–H and O–H groups in total. The van der Waals surface area contributed by atoms with Crippen LogP contribution in [0.15, 0.2) is 18.2 Å². The summed E-state index contributed by atoms with van der Waals surface area (Å²) in [7, 11) is 0. The van der Waals surface area contributed by atoms with E-state index < -0.39 is 0 Å². The second-order valence-corrected chi connectivity index (χ2v) is 3.87. The van der Waals surface area contributed by atoms with Crippen molar-refractivity contribution in [1.82, 2.24) is 5.32 Å². The summed E-state index contributed by atoms with van der Waals surface area (Å²) in [5, 5.41) is 3.25. The molecule has 0 spiro atoms. The molecule has 1 atom stereocenters. The summed E-state index contributed by atoms with van der Waals surface area (Å²) in [6, 6.07) is 5.72. The minimum absolute atomic E-state index is 0.0454. The quantitative estimate of drug-likeness (QED) is 0.848. The smallest absolute Gasteiger partial charge is 0.204 e. The summed E-state index contributed by atoms with van der Waals surface area (Å²) in [5.41, 5.74) is 0. The molecule has 0 fully saturated rings. The monoisotopic (exact) mass is 237 g/mol. The number of nitrogens with one attached hydrogen (secondary N) is 1. The van der Waals surface area contributed by atoms with E-state index in [1.54, 1.807) is 0 Å². The van der Waals surface area contributed by atoms with Gasteiger partial charge < -0.3 is 19.5 Å². The van der Waals surface area contributed by atoms with Crippen LogP contribution in [0.2, 0.25) is 0 Å². The first-order valence-corrected chi connectivity index (χ1v) is 6.11. The third-order valence-electron chi connectivity index (χ3n) is 2.57. The van der Waals surface area contributed by atoms with Crippen LogP contribution in [0.3, 0.4) is 0 Å². The first-order valence-electron chi connectivity index (χ1n) is 6.11. The maximum Gasteiger partial charge on any atom is 0.204 e. The molecule has 17 heavy (non-hydrogen) atoms. The summed E-state index contributed by atoms with van der Waals surface area (Å²) in [6.07, 6.45) is 0.0454. The maximum atomic E-state index is 5.91. The third-order valence-corrected chi connectivity index (χ3v) is 2.57.